The van der Waals surface area contributed by atoms with Gasteiger partial charge in [0.15, 0.2) is 6.29 Å². The maximum absolute atomic E-state index is 12.6. The molecule has 2 aliphatic heterocycles. The van der Waals surface area contributed by atoms with Gasteiger partial charge in [-0.1, -0.05) is 0 Å². The second-order valence-corrected chi connectivity index (χ2v) is 9.73. The van der Waals surface area contributed by atoms with Crippen molar-refractivity contribution in [2.24, 2.45) is 22.9 Å². The average molecular weight is 552 g/mol. The summed E-state index contributed by atoms with van der Waals surface area (Å²) in [7, 11) is 0. The van der Waals surface area contributed by atoms with Crippen LogP contribution in [0.3, 0.4) is 0 Å². The number of nitrogens with one attached hydrogen (secondary N) is 1. The quantitative estimate of drug-likeness (QED) is 0.120. The van der Waals surface area contributed by atoms with E-state index in [0.717, 1.165) is 0 Å². The minimum absolute atomic E-state index is 0.00354. The Morgan fingerprint density at radius 1 is 1.08 bits per heavy atom. The second-order valence-electron chi connectivity index (χ2n) is 9.73. The monoisotopic (exact) mass is 551 g/mol. The Kier molecular flexibility index (Phi) is 11.0. The van der Waals surface area contributed by atoms with Crippen LogP contribution in [0.1, 0.15) is 19.3 Å². The standard InChI is InChI=1S/C22H41N5O11/c23-5-4-9(29)21(34)27-14-16(31)13(26)19(37-11-3-1-2-8(6-24)35-11)18(33)20(14)38-22-17(32)12(25)15(30)10(7-28)36-22/h3,8-10,12-20,22,28-33H,1-2,4-7,23-26H2,(H,27,34)/t8-,9+,10?,12-,13-,14+,15+,16?,17?,18?,19?,20-,22+/m0/s1. The van der Waals surface area contributed by atoms with Crippen LogP contribution in [0.25, 0.3) is 0 Å². The van der Waals surface area contributed by atoms with Gasteiger partial charge in [-0.25, -0.2) is 0 Å². The van der Waals surface area contributed by atoms with Gasteiger partial charge in [-0.05, 0) is 31.9 Å². The molecule has 0 radical (unpaired) electrons. The zero-order chi connectivity index (χ0) is 28.1. The lowest BCUT2D eigenvalue weighted by Crippen LogP contribution is -2.73. The summed E-state index contributed by atoms with van der Waals surface area (Å²) in [5.41, 5.74) is 23.1. The smallest absolute Gasteiger partial charge is 0.275 e. The third-order valence-corrected chi connectivity index (χ3v) is 7.05. The molecule has 220 valence electrons. The number of aliphatic hydroxyl groups excluding tert-OH is 6. The number of allylic oxidation sites excluding steroid dienone is 1. The van der Waals surface area contributed by atoms with Crippen molar-refractivity contribution in [2.75, 3.05) is 19.7 Å². The van der Waals surface area contributed by atoms with Crippen molar-refractivity contribution in [3.63, 3.8) is 0 Å². The van der Waals surface area contributed by atoms with Crippen LogP contribution >= 0.6 is 0 Å². The zero-order valence-corrected chi connectivity index (χ0v) is 20.9. The lowest BCUT2D eigenvalue weighted by molar-refractivity contribution is -0.310. The number of hydrogen-bond acceptors (Lipinski definition) is 15. The van der Waals surface area contributed by atoms with Gasteiger partial charge in [0.05, 0.1) is 30.8 Å². The summed E-state index contributed by atoms with van der Waals surface area (Å²) in [6.45, 7) is -0.431. The molecule has 15 N–H and O–H groups in total. The van der Waals surface area contributed by atoms with Crippen LogP contribution in [-0.4, -0.2) is 136 Å². The maximum atomic E-state index is 12.6. The van der Waals surface area contributed by atoms with E-state index < -0.39 is 85.8 Å². The number of carbonyl (C=O) groups excluding carboxylic acids is 1. The number of nitrogens with two attached hydrogens (primary N) is 4. The van der Waals surface area contributed by atoms with E-state index in [2.05, 4.69) is 5.32 Å². The van der Waals surface area contributed by atoms with E-state index in [1.807, 2.05) is 0 Å². The van der Waals surface area contributed by atoms with Gasteiger partial charge in [-0.2, -0.15) is 0 Å². The summed E-state index contributed by atoms with van der Waals surface area (Å²) in [4.78, 5) is 12.6. The van der Waals surface area contributed by atoms with Gasteiger partial charge in [0.25, 0.3) is 5.95 Å². The normalized spacial score (nSPS) is 42.5. The minimum atomic E-state index is -1.65. The molecule has 5 unspecified atom stereocenters. The highest BCUT2D eigenvalue weighted by Crippen LogP contribution is 2.31. The van der Waals surface area contributed by atoms with Crippen LogP contribution in [0.4, 0.5) is 0 Å². The average Bonchev–Trinajstić information content (AvgIpc) is 2.91. The number of amides is 1. The molecule has 1 saturated carbocycles. The van der Waals surface area contributed by atoms with Crippen molar-refractivity contribution in [2.45, 2.75) is 98.6 Å². The van der Waals surface area contributed by atoms with E-state index in [-0.39, 0.29) is 31.6 Å². The molecule has 3 rings (SSSR count). The van der Waals surface area contributed by atoms with Gasteiger partial charge < -0.3 is 77.8 Å². The fourth-order valence-electron chi connectivity index (χ4n) is 4.70. The highest BCUT2D eigenvalue weighted by atomic mass is 16.7. The molecule has 1 amide bonds. The number of aliphatic hydroxyl groups is 6. The lowest BCUT2D eigenvalue weighted by Gasteiger charge is -2.49. The first kappa shape index (κ1) is 30.9. The molecular formula is C22H41N5O11. The van der Waals surface area contributed by atoms with Crippen LogP contribution < -0.4 is 28.3 Å². The van der Waals surface area contributed by atoms with E-state index in [4.69, 9.17) is 41.9 Å². The van der Waals surface area contributed by atoms with Crippen LogP contribution in [0.5, 0.6) is 0 Å². The predicted molar refractivity (Wildman–Crippen MR) is 128 cm³/mol. The Balaban J connectivity index is 1.87. The van der Waals surface area contributed by atoms with Crippen molar-refractivity contribution in [3.05, 3.63) is 12.0 Å². The molecule has 0 aromatic rings. The Bertz CT molecular complexity index is 808. The Labute approximate surface area is 219 Å². The topological polar surface area (TPSA) is 291 Å². The first-order valence-corrected chi connectivity index (χ1v) is 12.6. The van der Waals surface area contributed by atoms with E-state index in [9.17, 15) is 35.4 Å². The molecule has 16 heteroatoms. The molecule has 0 aromatic heterocycles. The molecule has 2 heterocycles. The molecule has 16 nitrogen and oxygen atoms in total. The zero-order valence-electron chi connectivity index (χ0n) is 20.9. The van der Waals surface area contributed by atoms with Crippen LogP contribution in [0.15, 0.2) is 12.0 Å². The molecule has 3 aliphatic rings. The molecule has 13 atom stereocenters. The third kappa shape index (κ3) is 6.72. The summed E-state index contributed by atoms with van der Waals surface area (Å²) in [6, 6.07) is -4.00. The van der Waals surface area contributed by atoms with Gasteiger partial charge in [-0.15, -0.1) is 0 Å². The molecule has 0 bridgehead atoms. The fraction of sp³-hybridized carbons (Fsp3) is 0.864. The second kappa shape index (κ2) is 13.6. The van der Waals surface area contributed by atoms with E-state index in [0.29, 0.717) is 12.8 Å². The van der Waals surface area contributed by atoms with Gasteiger partial charge in [0.2, 0.25) is 5.91 Å². The lowest BCUT2D eigenvalue weighted by atomic mass is 9.81. The van der Waals surface area contributed by atoms with E-state index >= 15 is 0 Å². The molecule has 0 spiro atoms. The van der Waals surface area contributed by atoms with Crippen molar-refractivity contribution in [1.29, 1.82) is 0 Å². The van der Waals surface area contributed by atoms with Gasteiger partial charge in [-0.3, -0.25) is 4.79 Å². The summed E-state index contributed by atoms with van der Waals surface area (Å²) < 4.78 is 22.7. The number of ether oxygens (including phenoxy) is 4. The van der Waals surface area contributed by atoms with E-state index in [1.165, 1.54) is 0 Å². The van der Waals surface area contributed by atoms with Gasteiger partial charge in [0, 0.05) is 6.54 Å². The molecule has 2 fully saturated rings. The van der Waals surface area contributed by atoms with Crippen molar-refractivity contribution in [3.8, 4) is 0 Å². The molecule has 1 aliphatic carbocycles. The molecule has 0 aromatic carbocycles. The van der Waals surface area contributed by atoms with Crippen LogP contribution in [0.2, 0.25) is 0 Å². The summed E-state index contributed by atoms with van der Waals surface area (Å²) >= 11 is 0. The van der Waals surface area contributed by atoms with Crippen LogP contribution in [-0.2, 0) is 23.7 Å². The Morgan fingerprint density at radius 3 is 2.42 bits per heavy atom. The highest BCUT2D eigenvalue weighted by Gasteiger charge is 2.54. The summed E-state index contributed by atoms with van der Waals surface area (Å²) in [6.07, 6.45) is -11.1. The fourth-order valence-corrected chi connectivity index (χ4v) is 4.70. The third-order valence-electron chi connectivity index (χ3n) is 7.05. The molecular weight excluding hydrogens is 510 g/mol. The SMILES string of the molecule is NCC[C@@H](O)C(=O)N[C@@H]1C(O)[C@H](N)C(OC2=CCC[C@@H](CN)O2)C(O)[C@H]1O[C@H]1OC(CO)[C@@H](O)[C@H](N)C1O. The van der Waals surface area contributed by atoms with Crippen molar-refractivity contribution in [1.82, 2.24) is 5.32 Å². The molecule has 1 saturated heterocycles. The minimum Gasteiger partial charge on any atom is -0.461 e. The first-order chi connectivity index (χ1) is 18.0. The Morgan fingerprint density at radius 2 is 1.79 bits per heavy atom. The van der Waals surface area contributed by atoms with Crippen LogP contribution in [0, 0.1) is 0 Å². The highest BCUT2D eigenvalue weighted by molar-refractivity contribution is 5.81. The Hall–Kier alpha value is -1.67. The largest absolute Gasteiger partial charge is 0.461 e. The molecule has 38 heavy (non-hydrogen) atoms. The summed E-state index contributed by atoms with van der Waals surface area (Å²) in [5.74, 6) is -0.876. The van der Waals surface area contributed by atoms with Crippen molar-refractivity contribution < 1.29 is 54.4 Å². The van der Waals surface area contributed by atoms with Gasteiger partial charge >= 0.3 is 0 Å². The number of carbonyl (C=O) groups is 1. The predicted octanol–water partition coefficient (Wildman–Crippen LogP) is -6.24. The summed E-state index contributed by atoms with van der Waals surface area (Å²) in [5, 5.41) is 65.1. The van der Waals surface area contributed by atoms with Crippen molar-refractivity contribution >= 4 is 5.91 Å². The number of hydrogen-bond donors (Lipinski definition) is 11. The maximum Gasteiger partial charge on any atom is 0.275 e. The van der Waals surface area contributed by atoms with Gasteiger partial charge in [0.1, 0.15) is 48.8 Å². The first-order valence-electron chi connectivity index (χ1n) is 12.6. The number of rotatable bonds is 10. The van der Waals surface area contributed by atoms with E-state index in [1.54, 1.807) is 6.08 Å².